The standard InChI is InChI=1S/C14H15FN2OS/c1-9-2-5-12(19-9)8-17-7-11-4-3-10(14(16)18)6-13(11)15/h2-6,17H,7-8H2,1H3,(H2,16,18). The SMILES string of the molecule is Cc1ccc(CNCc2ccc(C(N)=O)cc2F)s1. The lowest BCUT2D eigenvalue weighted by atomic mass is 10.1. The van der Waals surface area contributed by atoms with Crippen LogP contribution in [0.15, 0.2) is 30.3 Å². The van der Waals surface area contributed by atoms with E-state index in [2.05, 4.69) is 24.4 Å². The van der Waals surface area contributed by atoms with E-state index in [4.69, 9.17) is 5.73 Å². The van der Waals surface area contributed by atoms with E-state index in [9.17, 15) is 9.18 Å². The molecule has 2 rings (SSSR count). The van der Waals surface area contributed by atoms with Crippen molar-refractivity contribution in [3.63, 3.8) is 0 Å². The highest BCUT2D eigenvalue weighted by Gasteiger charge is 2.06. The molecule has 0 bridgehead atoms. The first-order valence-electron chi connectivity index (χ1n) is 5.90. The summed E-state index contributed by atoms with van der Waals surface area (Å²) in [6, 6.07) is 8.41. The van der Waals surface area contributed by atoms with Gasteiger partial charge in [-0.3, -0.25) is 4.79 Å². The van der Waals surface area contributed by atoms with Gasteiger partial charge >= 0.3 is 0 Å². The van der Waals surface area contributed by atoms with Crippen LogP contribution in [0.25, 0.3) is 0 Å². The molecule has 0 saturated carbocycles. The maximum atomic E-state index is 13.7. The van der Waals surface area contributed by atoms with Crippen LogP contribution in [0.1, 0.15) is 25.7 Å². The summed E-state index contributed by atoms with van der Waals surface area (Å²) in [5.41, 5.74) is 5.81. The van der Waals surface area contributed by atoms with E-state index < -0.39 is 11.7 Å². The quantitative estimate of drug-likeness (QED) is 0.883. The number of carbonyl (C=O) groups excluding carboxylic acids is 1. The van der Waals surface area contributed by atoms with Gasteiger partial charge in [-0.15, -0.1) is 11.3 Å². The van der Waals surface area contributed by atoms with Crippen molar-refractivity contribution in [3.8, 4) is 0 Å². The van der Waals surface area contributed by atoms with Gasteiger partial charge in [0.15, 0.2) is 0 Å². The first-order chi connectivity index (χ1) is 9.06. The summed E-state index contributed by atoms with van der Waals surface area (Å²) in [6.45, 7) is 3.17. The van der Waals surface area contributed by atoms with Crippen molar-refractivity contribution >= 4 is 17.2 Å². The molecule has 0 radical (unpaired) electrons. The minimum Gasteiger partial charge on any atom is -0.366 e. The fourth-order valence-corrected chi connectivity index (χ4v) is 2.60. The van der Waals surface area contributed by atoms with Gasteiger partial charge in [-0.2, -0.15) is 0 Å². The molecule has 0 aliphatic carbocycles. The van der Waals surface area contributed by atoms with Crippen LogP contribution in [0, 0.1) is 12.7 Å². The fraction of sp³-hybridized carbons (Fsp3) is 0.214. The Hall–Kier alpha value is -1.72. The molecule has 3 nitrogen and oxygen atoms in total. The van der Waals surface area contributed by atoms with E-state index in [1.54, 1.807) is 17.4 Å². The largest absolute Gasteiger partial charge is 0.366 e. The second-order valence-electron chi connectivity index (χ2n) is 4.29. The minimum atomic E-state index is -0.618. The molecule has 1 aromatic heterocycles. The first-order valence-corrected chi connectivity index (χ1v) is 6.72. The molecule has 1 amide bonds. The molecule has 0 unspecified atom stereocenters. The van der Waals surface area contributed by atoms with E-state index >= 15 is 0 Å². The zero-order chi connectivity index (χ0) is 13.8. The van der Waals surface area contributed by atoms with Crippen molar-refractivity contribution in [2.75, 3.05) is 0 Å². The van der Waals surface area contributed by atoms with Gasteiger partial charge in [0.1, 0.15) is 5.82 Å². The Kier molecular flexibility index (Phi) is 4.29. The predicted molar refractivity (Wildman–Crippen MR) is 74.5 cm³/mol. The van der Waals surface area contributed by atoms with Crippen LogP contribution in [0.4, 0.5) is 4.39 Å². The zero-order valence-electron chi connectivity index (χ0n) is 10.6. The average molecular weight is 278 g/mol. The Morgan fingerprint density at radius 3 is 2.68 bits per heavy atom. The molecular weight excluding hydrogens is 263 g/mol. The van der Waals surface area contributed by atoms with Crippen LogP contribution < -0.4 is 11.1 Å². The van der Waals surface area contributed by atoms with Crippen LogP contribution in [0.3, 0.4) is 0 Å². The van der Waals surface area contributed by atoms with E-state index in [1.807, 2.05) is 0 Å². The van der Waals surface area contributed by atoms with E-state index in [0.717, 1.165) is 0 Å². The van der Waals surface area contributed by atoms with Gasteiger partial charge in [-0.1, -0.05) is 6.07 Å². The number of hydrogen-bond donors (Lipinski definition) is 2. The zero-order valence-corrected chi connectivity index (χ0v) is 11.4. The molecule has 3 N–H and O–H groups in total. The van der Waals surface area contributed by atoms with Gasteiger partial charge in [0.2, 0.25) is 5.91 Å². The second kappa shape index (κ2) is 5.95. The number of primary amides is 1. The molecule has 1 heterocycles. The summed E-state index contributed by atoms with van der Waals surface area (Å²) in [5.74, 6) is -1.03. The van der Waals surface area contributed by atoms with Crippen molar-refractivity contribution in [2.45, 2.75) is 20.0 Å². The smallest absolute Gasteiger partial charge is 0.248 e. The number of hydrogen-bond acceptors (Lipinski definition) is 3. The van der Waals surface area contributed by atoms with Gasteiger partial charge in [-0.25, -0.2) is 4.39 Å². The van der Waals surface area contributed by atoms with Crippen molar-refractivity contribution in [1.82, 2.24) is 5.32 Å². The summed E-state index contributed by atoms with van der Waals surface area (Å²) in [6.07, 6.45) is 0. The van der Waals surface area contributed by atoms with Crippen LogP contribution in [0.2, 0.25) is 0 Å². The van der Waals surface area contributed by atoms with Gasteiger partial charge in [0.25, 0.3) is 0 Å². The Labute approximate surface area is 115 Å². The topological polar surface area (TPSA) is 55.1 Å². The molecule has 0 aliphatic rings. The lowest BCUT2D eigenvalue weighted by Gasteiger charge is -2.06. The van der Waals surface area contributed by atoms with Crippen LogP contribution in [-0.4, -0.2) is 5.91 Å². The molecule has 5 heteroatoms. The van der Waals surface area contributed by atoms with Crippen LogP contribution >= 0.6 is 11.3 Å². The summed E-state index contributed by atoms with van der Waals surface area (Å²) in [7, 11) is 0. The monoisotopic (exact) mass is 278 g/mol. The maximum absolute atomic E-state index is 13.7. The average Bonchev–Trinajstić information content (AvgIpc) is 2.77. The molecule has 0 spiro atoms. The van der Waals surface area contributed by atoms with Crippen LogP contribution in [0.5, 0.6) is 0 Å². The molecule has 0 aliphatic heterocycles. The highest BCUT2D eigenvalue weighted by atomic mass is 32.1. The number of thiophene rings is 1. The molecular formula is C14H15FN2OS. The number of nitrogens with one attached hydrogen (secondary N) is 1. The highest BCUT2D eigenvalue weighted by molar-refractivity contribution is 7.11. The van der Waals surface area contributed by atoms with E-state index in [1.165, 1.54) is 21.9 Å². The summed E-state index contributed by atoms with van der Waals surface area (Å²) in [5, 5.41) is 3.18. The summed E-state index contributed by atoms with van der Waals surface area (Å²) >= 11 is 1.72. The number of aryl methyl sites for hydroxylation is 1. The molecule has 0 saturated heterocycles. The number of benzene rings is 1. The predicted octanol–water partition coefficient (Wildman–Crippen LogP) is 2.58. The lowest BCUT2D eigenvalue weighted by Crippen LogP contribution is -2.15. The molecule has 0 fully saturated rings. The third-order valence-electron chi connectivity index (χ3n) is 2.75. The lowest BCUT2D eigenvalue weighted by molar-refractivity contribution is 0.1000. The first kappa shape index (κ1) is 13.7. The number of nitrogens with two attached hydrogens (primary N) is 1. The third kappa shape index (κ3) is 3.62. The number of amides is 1. The normalized spacial score (nSPS) is 10.6. The molecule has 1 aromatic carbocycles. The van der Waals surface area contributed by atoms with Gasteiger partial charge in [-0.05, 0) is 31.2 Å². The van der Waals surface area contributed by atoms with Crippen LogP contribution in [-0.2, 0) is 13.1 Å². The molecule has 2 aromatic rings. The highest BCUT2D eigenvalue weighted by Crippen LogP contribution is 2.15. The number of rotatable bonds is 5. The second-order valence-corrected chi connectivity index (χ2v) is 5.66. The third-order valence-corrected chi connectivity index (χ3v) is 3.75. The minimum absolute atomic E-state index is 0.190. The Balaban J connectivity index is 1.94. The number of halogens is 1. The Morgan fingerprint density at radius 1 is 1.32 bits per heavy atom. The maximum Gasteiger partial charge on any atom is 0.248 e. The van der Waals surface area contributed by atoms with Crippen molar-refractivity contribution in [1.29, 1.82) is 0 Å². The van der Waals surface area contributed by atoms with Crippen molar-refractivity contribution in [3.05, 3.63) is 57.0 Å². The Bertz CT molecular complexity index is 595. The van der Waals surface area contributed by atoms with E-state index in [0.29, 0.717) is 18.7 Å². The molecule has 0 atom stereocenters. The van der Waals surface area contributed by atoms with Crippen molar-refractivity contribution < 1.29 is 9.18 Å². The van der Waals surface area contributed by atoms with Gasteiger partial charge in [0.05, 0.1) is 0 Å². The molecule has 100 valence electrons. The molecule has 19 heavy (non-hydrogen) atoms. The van der Waals surface area contributed by atoms with E-state index in [-0.39, 0.29) is 5.56 Å². The van der Waals surface area contributed by atoms with Gasteiger partial charge in [0, 0.05) is 34.0 Å². The van der Waals surface area contributed by atoms with Crippen molar-refractivity contribution in [2.24, 2.45) is 5.73 Å². The fourth-order valence-electron chi connectivity index (χ4n) is 1.74. The summed E-state index contributed by atoms with van der Waals surface area (Å²) in [4.78, 5) is 13.4. The van der Waals surface area contributed by atoms with Gasteiger partial charge < -0.3 is 11.1 Å². The Morgan fingerprint density at radius 2 is 2.11 bits per heavy atom. The number of carbonyl (C=O) groups is 1. The summed E-state index contributed by atoms with van der Waals surface area (Å²) < 4.78 is 13.7.